The summed E-state index contributed by atoms with van der Waals surface area (Å²) in [6.45, 7) is 8.52. The molecule has 1 aliphatic carbocycles. The average molecular weight is 242 g/mol. The second-order valence-electron chi connectivity index (χ2n) is 5.68. The molecule has 0 saturated heterocycles. The number of carbonyl (C=O) groups is 1. The molecule has 1 aromatic rings. The predicted molar refractivity (Wildman–Crippen MR) is 76.1 cm³/mol. The van der Waals surface area contributed by atoms with Gasteiger partial charge in [0.05, 0.1) is 0 Å². The minimum atomic E-state index is -0.0435. The molecule has 1 nitrogen and oxygen atoms in total. The molecular formula is C17H22O. The van der Waals surface area contributed by atoms with E-state index in [1.54, 1.807) is 0 Å². The van der Waals surface area contributed by atoms with Crippen LogP contribution in [0.2, 0.25) is 0 Å². The number of hydrogen-bond acceptors (Lipinski definition) is 1. The van der Waals surface area contributed by atoms with E-state index in [-0.39, 0.29) is 11.3 Å². The van der Waals surface area contributed by atoms with Crippen molar-refractivity contribution in [1.29, 1.82) is 0 Å². The first-order valence-corrected chi connectivity index (χ1v) is 6.81. The van der Waals surface area contributed by atoms with Crippen molar-refractivity contribution in [1.82, 2.24) is 0 Å². The van der Waals surface area contributed by atoms with Crippen molar-refractivity contribution in [3.8, 4) is 0 Å². The molecule has 96 valence electrons. The van der Waals surface area contributed by atoms with Gasteiger partial charge in [-0.1, -0.05) is 45.1 Å². The Labute approximate surface area is 110 Å². The van der Waals surface area contributed by atoms with Crippen molar-refractivity contribution in [2.45, 2.75) is 46.0 Å². The minimum Gasteiger partial charge on any atom is -0.294 e. The Hall–Kier alpha value is -1.37. The molecule has 1 aliphatic rings. The van der Waals surface area contributed by atoms with Crippen LogP contribution in [-0.2, 0) is 11.8 Å². The van der Waals surface area contributed by atoms with Crippen molar-refractivity contribution in [3.63, 3.8) is 0 Å². The summed E-state index contributed by atoms with van der Waals surface area (Å²) in [5.74, 6) is 0.416. The Morgan fingerprint density at radius 1 is 1.33 bits per heavy atom. The Bertz CT molecular complexity index is 494. The van der Waals surface area contributed by atoms with Gasteiger partial charge >= 0.3 is 0 Å². The maximum atomic E-state index is 12.6. The van der Waals surface area contributed by atoms with E-state index >= 15 is 0 Å². The number of rotatable bonds is 3. The highest BCUT2D eigenvalue weighted by Crippen LogP contribution is 2.44. The summed E-state index contributed by atoms with van der Waals surface area (Å²) < 4.78 is 0. The molecule has 0 heterocycles. The van der Waals surface area contributed by atoms with Gasteiger partial charge in [0, 0.05) is 16.9 Å². The van der Waals surface area contributed by atoms with Crippen LogP contribution >= 0.6 is 0 Å². The van der Waals surface area contributed by atoms with E-state index in [9.17, 15) is 4.79 Å². The maximum absolute atomic E-state index is 12.6. The largest absolute Gasteiger partial charge is 0.294 e. The molecule has 18 heavy (non-hydrogen) atoms. The highest BCUT2D eigenvalue weighted by atomic mass is 16.1. The summed E-state index contributed by atoms with van der Waals surface area (Å²) in [5, 5.41) is 0. The summed E-state index contributed by atoms with van der Waals surface area (Å²) in [7, 11) is 0. The SMILES string of the molecule is CC=CC[C@@H]1C(=O)c2cc(CC)ccc2C1(C)C. The summed E-state index contributed by atoms with van der Waals surface area (Å²) in [5.41, 5.74) is 3.38. The van der Waals surface area contributed by atoms with Crippen LogP contribution in [0.5, 0.6) is 0 Å². The third-order valence-electron chi connectivity index (χ3n) is 4.25. The fraction of sp³-hybridized carbons (Fsp3) is 0.471. The van der Waals surface area contributed by atoms with Crippen LogP contribution < -0.4 is 0 Å². The van der Waals surface area contributed by atoms with Crippen LogP contribution in [0.1, 0.15) is 55.6 Å². The number of carbonyl (C=O) groups excluding carboxylic acids is 1. The van der Waals surface area contributed by atoms with E-state index in [0.29, 0.717) is 5.78 Å². The highest BCUT2D eigenvalue weighted by Gasteiger charge is 2.44. The average Bonchev–Trinajstić information content (AvgIpc) is 2.55. The molecule has 1 heteroatoms. The first kappa shape index (κ1) is 13.1. The molecule has 1 aromatic carbocycles. The third-order valence-corrected chi connectivity index (χ3v) is 4.25. The highest BCUT2D eigenvalue weighted by molar-refractivity contribution is 6.04. The molecule has 0 amide bonds. The minimum absolute atomic E-state index is 0.0435. The van der Waals surface area contributed by atoms with E-state index in [0.717, 1.165) is 18.4 Å². The van der Waals surface area contributed by atoms with Gasteiger partial charge in [0.25, 0.3) is 0 Å². The lowest BCUT2D eigenvalue weighted by Crippen LogP contribution is -2.26. The fourth-order valence-electron chi connectivity index (χ4n) is 2.95. The molecule has 0 N–H and O–H groups in total. The van der Waals surface area contributed by atoms with Gasteiger partial charge < -0.3 is 0 Å². The van der Waals surface area contributed by atoms with Gasteiger partial charge in [0.2, 0.25) is 0 Å². The topological polar surface area (TPSA) is 17.1 Å². The van der Waals surface area contributed by atoms with Gasteiger partial charge in [-0.05, 0) is 37.0 Å². The standard InChI is InChI=1S/C17H22O/c1-5-7-8-15-16(18)13-11-12(6-2)9-10-14(13)17(15,3)4/h5,7,9-11,15H,6,8H2,1-4H3/t15-/m1/s1. The van der Waals surface area contributed by atoms with E-state index in [2.05, 4.69) is 45.0 Å². The number of allylic oxidation sites excluding steroid dienone is 2. The lowest BCUT2D eigenvalue weighted by molar-refractivity contribution is 0.0899. The van der Waals surface area contributed by atoms with Crippen LogP contribution in [0.15, 0.2) is 30.4 Å². The first-order valence-electron chi connectivity index (χ1n) is 6.81. The number of Topliss-reactive ketones (excluding diaryl/α,β-unsaturated/α-hetero) is 1. The van der Waals surface area contributed by atoms with Gasteiger partial charge in [-0.3, -0.25) is 4.79 Å². The molecule has 0 fully saturated rings. The normalized spacial score (nSPS) is 21.6. The summed E-state index contributed by atoms with van der Waals surface area (Å²) in [4.78, 5) is 12.6. The van der Waals surface area contributed by atoms with Gasteiger partial charge in [0.15, 0.2) is 5.78 Å². The van der Waals surface area contributed by atoms with E-state index in [1.807, 2.05) is 13.0 Å². The maximum Gasteiger partial charge on any atom is 0.167 e. The molecule has 1 atom stereocenters. The Kier molecular flexibility index (Phi) is 3.43. The molecule has 0 saturated carbocycles. The van der Waals surface area contributed by atoms with Gasteiger partial charge in [0.1, 0.15) is 0 Å². The number of ketones is 1. The number of benzene rings is 1. The van der Waals surface area contributed by atoms with Crippen LogP contribution in [-0.4, -0.2) is 5.78 Å². The number of fused-ring (bicyclic) bond motifs is 1. The van der Waals surface area contributed by atoms with Crippen LogP contribution in [0.3, 0.4) is 0 Å². The van der Waals surface area contributed by atoms with E-state index in [1.165, 1.54) is 11.1 Å². The van der Waals surface area contributed by atoms with Crippen molar-refractivity contribution < 1.29 is 4.79 Å². The van der Waals surface area contributed by atoms with Gasteiger partial charge in [-0.15, -0.1) is 0 Å². The smallest absolute Gasteiger partial charge is 0.167 e. The monoisotopic (exact) mass is 242 g/mol. The lowest BCUT2D eigenvalue weighted by atomic mass is 9.76. The zero-order valence-corrected chi connectivity index (χ0v) is 11.8. The number of aryl methyl sites for hydroxylation is 1. The van der Waals surface area contributed by atoms with E-state index < -0.39 is 0 Å². The quantitative estimate of drug-likeness (QED) is 0.722. The summed E-state index contributed by atoms with van der Waals surface area (Å²) in [6.07, 6.45) is 5.97. The van der Waals surface area contributed by atoms with Crippen molar-refractivity contribution in [3.05, 3.63) is 47.0 Å². The number of hydrogen-bond donors (Lipinski definition) is 0. The molecule has 0 aliphatic heterocycles. The second-order valence-corrected chi connectivity index (χ2v) is 5.68. The van der Waals surface area contributed by atoms with Crippen LogP contribution in [0.25, 0.3) is 0 Å². The van der Waals surface area contributed by atoms with Crippen LogP contribution in [0.4, 0.5) is 0 Å². The molecule has 2 rings (SSSR count). The molecule has 0 bridgehead atoms. The zero-order chi connectivity index (χ0) is 13.3. The van der Waals surface area contributed by atoms with Crippen molar-refractivity contribution in [2.75, 3.05) is 0 Å². The fourth-order valence-corrected chi connectivity index (χ4v) is 2.95. The molecule has 0 aromatic heterocycles. The second kappa shape index (κ2) is 4.72. The predicted octanol–water partition coefficient (Wildman–Crippen LogP) is 4.31. The molecule has 0 radical (unpaired) electrons. The summed E-state index contributed by atoms with van der Waals surface area (Å²) >= 11 is 0. The Morgan fingerprint density at radius 2 is 2.06 bits per heavy atom. The van der Waals surface area contributed by atoms with Crippen molar-refractivity contribution >= 4 is 5.78 Å². The van der Waals surface area contributed by atoms with Crippen LogP contribution in [0, 0.1) is 5.92 Å². The van der Waals surface area contributed by atoms with Gasteiger partial charge in [-0.2, -0.15) is 0 Å². The molecule has 0 spiro atoms. The van der Waals surface area contributed by atoms with Crippen molar-refractivity contribution in [2.24, 2.45) is 5.92 Å². The zero-order valence-electron chi connectivity index (χ0n) is 11.8. The molecular weight excluding hydrogens is 220 g/mol. The van der Waals surface area contributed by atoms with Gasteiger partial charge in [-0.25, -0.2) is 0 Å². The van der Waals surface area contributed by atoms with E-state index in [4.69, 9.17) is 0 Å². The Morgan fingerprint density at radius 3 is 2.67 bits per heavy atom. The summed E-state index contributed by atoms with van der Waals surface area (Å²) in [6, 6.07) is 6.41. The lowest BCUT2D eigenvalue weighted by Gasteiger charge is -2.26. The molecule has 0 unspecified atom stereocenters. The Balaban J connectivity index is 2.46. The third kappa shape index (κ3) is 1.92. The first-order chi connectivity index (χ1) is 8.52.